The molecule has 0 spiro atoms. The molecule has 0 radical (unpaired) electrons. The minimum atomic E-state index is -2.83. The van der Waals surface area contributed by atoms with Crippen LogP contribution in [-0.4, -0.2) is 25.7 Å². The summed E-state index contributed by atoms with van der Waals surface area (Å²) in [5, 5.41) is 2.80. The van der Waals surface area contributed by atoms with Gasteiger partial charge < -0.3 is 14.8 Å². The van der Waals surface area contributed by atoms with E-state index in [1.807, 2.05) is 31.2 Å². The average Bonchev–Trinajstić information content (AvgIpc) is 2.58. The maximum atomic E-state index is 12.1. The summed E-state index contributed by atoms with van der Waals surface area (Å²) >= 11 is 0. The molecule has 0 saturated carbocycles. The highest BCUT2D eigenvalue weighted by Gasteiger charge is 2.05. The van der Waals surface area contributed by atoms with E-state index in [1.165, 1.54) is 12.1 Å². The van der Waals surface area contributed by atoms with Crippen molar-refractivity contribution in [3.05, 3.63) is 59.7 Å². The summed E-state index contributed by atoms with van der Waals surface area (Å²) in [6.07, 6.45) is 0.883. The second-order valence-corrected chi connectivity index (χ2v) is 5.53. The Kier molecular flexibility index (Phi) is 7.19. The van der Waals surface area contributed by atoms with Crippen molar-refractivity contribution in [1.82, 2.24) is 5.32 Å². The number of carbonyl (C=O) groups is 1. The molecule has 2 aromatic rings. The molecular weight excluding hydrogens is 328 g/mol. The Balaban J connectivity index is 1.62. The van der Waals surface area contributed by atoms with Gasteiger partial charge in [-0.15, -0.1) is 0 Å². The van der Waals surface area contributed by atoms with Crippen molar-refractivity contribution in [3.63, 3.8) is 0 Å². The van der Waals surface area contributed by atoms with Crippen molar-refractivity contribution < 1.29 is 23.0 Å². The fourth-order valence-corrected chi connectivity index (χ4v) is 2.17. The molecule has 25 heavy (non-hydrogen) atoms. The number of ether oxygens (including phenoxy) is 2. The second kappa shape index (κ2) is 9.61. The molecule has 0 fully saturated rings. The van der Waals surface area contributed by atoms with Crippen molar-refractivity contribution in [2.75, 3.05) is 13.2 Å². The maximum Gasteiger partial charge on any atom is 0.387 e. The number of aryl methyl sites for hydroxylation is 1. The van der Waals surface area contributed by atoms with E-state index in [2.05, 4.69) is 10.1 Å². The Morgan fingerprint density at radius 3 is 2.32 bits per heavy atom. The number of amides is 1. The standard InChI is InChI=1S/C19H21F2NO3/c1-14-2-6-16(7-3-14)24-13-11-18(23)22-12-10-15-4-8-17(9-5-15)25-19(20)21/h2-9,19H,10-13H2,1H3,(H,22,23). The van der Waals surface area contributed by atoms with Gasteiger partial charge in [-0.1, -0.05) is 29.8 Å². The minimum absolute atomic E-state index is 0.0928. The molecule has 0 bridgehead atoms. The van der Waals surface area contributed by atoms with E-state index in [0.717, 1.165) is 16.9 Å². The third-order valence-corrected chi connectivity index (χ3v) is 3.50. The molecule has 0 atom stereocenters. The summed E-state index contributed by atoms with van der Waals surface area (Å²) in [4.78, 5) is 11.8. The van der Waals surface area contributed by atoms with Crippen LogP contribution in [0.3, 0.4) is 0 Å². The molecule has 0 aliphatic carbocycles. The van der Waals surface area contributed by atoms with Gasteiger partial charge in [0.1, 0.15) is 11.5 Å². The highest BCUT2D eigenvalue weighted by atomic mass is 19.3. The van der Waals surface area contributed by atoms with Gasteiger partial charge in [-0.05, 0) is 43.2 Å². The van der Waals surface area contributed by atoms with Crippen LogP contribution in [-0.2, 0) is 11.2 Å². The van der Waals surface area contributed by atoms with Crippen molar-refractivity contribution in [3.8, 4) is 11.5 Å². The second-order valence-electron chi connectivity index (χ2n) is 5.53. The lowest BCUT2D eigenvalue weighted by molar-refractivity contribution is -0.121. The van der Waals surface area contributed by atoms with E-state index < -0.39 is 6.61 Å². The molecule has 2 aromatic carbocycles. The molecule has 0 aromatic heterocycles. The van der Waals surface area contributed by atoms with Crippen molar-refractivity contribution >= 4 is 5.91 Å². The van der Waals surface area contributed by atoms with Crippen molar-refractivity contribution in [2.24, 2.45) is 0 Å². The third-order valence-electron chi connectivity index (χ3n) is 3.50. The first-order chi connectivity index (χ1) is 12.0. The topological polar surface area (TPSA) is 47.6 Å². The predicted molar refractivity (Wildman–Crippen MR) is 91.1 cm³/mol. The highest BCUT2D eigenvalue weighted by molar-refractivity contribution is 5.75. The van der Waals surface area contributed by atoms with E-state index in [9.17, 15) is 13.6 Å². The molecule has 0 aliphatic rings. The minimum Gasteiger partial charge on any atom is -0.493 e. The van der Waals surface area contributed by atoms with E-state index >= 15 is 0 Å². The first kappa shape index (κ1) is 18.7. The van der Waals surface area contributed by atoms with E-state index in [-0.39, 0.29) is 18.1 Å². The summed E-state index contributed by atoms with van der Waals surface area (Å²) in [5.74, 6) is 0.769. The van der Waals surface area contributed by atoms with Crippen LogP contribution in [0.4, 0.5) is 8.78 Å². The Morgan fingerprint density at radius 2 is 1.68 bits per heavy atom. The summed E-state index contributed by atoms with van der Waals surface area (Å²) in [6, 6.07) is 14.0. The fraction of sp³-hybridized carbons (Fsp3) is 0.316. The predicted octanol–water partition coefficient (Wildman–Crippen LogP) is 3.72. The van der Waals surface area contributed by atoms with E-state index in [0.29, 0.717) is 19.6 Å². The van der Waals surface area contributed by atoms with Crippen LogP contribution < -0.4 is 14.8 Å². The van der Waals surface area contributed by atoms with Gasteiger partial charge in [-0.25, -0.2) is 0 Å². The Morgan fingerprint density at radius 1 is 1.04 bits per heavy atom. The summed E-state index contributed by atoms with van der Waals surface area (Å²) < 4.78 is 33.9. The average molecular weight is 349 g/mol. The number of hydrogen-bond acceptors (Lipinski definition) is 3. The smallest absolute Gasteiger partial charge is 0.387 e. The monoisotopic (exact) mass is 349 g/mol. The quantitative estimate of drug-likeness (QED) is 0.750. The van der Waals surface area contributed by atoms with Crippen molar-refractivity contribution in [1.29, 1.82) is 0 Å². The maximum absolute atomic E-state index is 12.1. The van der Waals surface area contributed by atoms with Crippen LogP contribution in [0.1, 0.15) is 17.5 Å². The molecule has 0 saturated heterocycles. The zero-order chi connectivity index (χ0) is 18.1. The van der Waals surface area contributed by atoms with Crippen molar-refractivity contribution in [2.45, 2.75) is 26.4 Å². The van der Waals surface area contributed by atoms with Crippen LogP contribution in [0.5, 0.6) is 11.5 Å². The summed E-state index contributed by atoms with van der Waals surface area (Å²) in [7, 11) is 0. The van der Waals surface area contributed by atoms with Gasteiger partial charge in [0.05, 0.1) is 13.0 Å². The lowest BCUT2D eigenvalue weighted by Gasteiger charge is -2.08. The number of alkyl halides is 2. The molecule has 0 heterocycles. The zero-order valence-electron chi connectivity index (χ0n) is 14.0. The number of benzene rings is 2. The van der Waals surface area contributed by atoms with Crippen LogP contribution in [0.15, 0.2) is 48.5 Å². The summed E-state index contributed by atoms with van der Waals surface area (Å²) in [5.41, 5.74) is 2.08. The molecule has 1 N–H and O–H groups in total. The SMILES string of the molecule is Cc1ccc(OCCC(=O)NCCc2ccc(OC(F)F)cc2)cc1. The van der Waals surface area contributed by atoms with Crippen LogP contribution in [0.25, 0.3) is 0 Å². The fourth-order valence-electron chi connectivity index (χ4n) is 2.17. The molecule has 134 valence electrons. The van der Waals surface area contributed by atoms with Gasteiger partial charge >= 0.3 is 6.61 Å². The molecule has 0 aliphatic heterocycles. The van der Waals surface area contributed by atoms with Crippen LogP contribution >= 0.6 is 0 Å². The van der Waals surface area contributed by atoms with Gasteiger partial charge in [0, 0.05) is 6.54 Å². The van der Waals surface area contributed by atoms with Gasteiger partial charge in [0.15, 0.2) is 0 Å². The highest BCUT2D eigenvalue weighted by Crippen LogP contribution is 2.15. The van der Waals surface area contributed by atoms with E-state index in [4.69, 9.17) is 4.74 Å². The third kappa shape index (κ3) is 7.20. The largest absolute Gasteiger partial charge is 0.493 e. The van der Waals surface area contributed by atoms with Gasteiger partial charge in [-0.2, -0.15) is 8.78 Å². The molecule has 2 rings (SSSR count). The van der Waals surface area contributed by atoms with Gasteiger partial charge in [0.25, 0.3) is 0 Å². The van der Waals surface area contributed by atoms with E-state index in [1.54, 1.807) is 12.1 Å². The molecule has 1 amide bonds. The first-order valence-electron chi connectivity index (χ1n) is 8.03. The number of hydrogen-bond donors (Lipinski definition) is 1. The number of carbonyl (C=O) groups excluding carboxylic acids is 1. The number of halogens is 2. The molecule has 6 heteroatoms. The Labute approximate surface area is 145 Å². The Hall–Kier alpha value is -2.63. The molecule has 0 unspecified atom stereocenters. The molecular formula is C19H21F2NO3. The van der Waals surface area contributed by atoms with Crippen LogP contribution in [0.2, 0.25) is 0 Å². The lowest BCUT2D eigenvalue weighted by Crippen LogP contribution is -2.27. The molecule has 4 nitrogen and oxygen atoms in total. The summed E-state index contributed by atoms with van der Waals surface area (Å²) in [6.45, 7) is -0.0453. The first-order valence-corrected chi connectivity index (χ1v) is 8.03. The Bertz CT molecular complexity index is 657. The van der Waals surface area contributed by atoms with Gasteiger partial charge in [0.2, 0.25) is 5.91 Å². The normalized spacial score (nSPS) is 10.6. The zero-order valence-corrected chi connectivity index (χ0v) is 14.0. The number of nitrogens with one attached hydrogen (secondary N) is 1. The number of rotatable bonds is 9. The van der Waals surface area contributed by atoms with Gasteiger partial charge in [-0.3, -0.25) is 4.79 Å². The lowest BCUT2D eigenvalue weighted by atomic mass is 10.1. The van der Waals surface area contributed by atoms with Crippen LogP contribution in [0, 0.1) is 6.92 Å².